The van der Waals surface area contributed by atoms with Gasteiger partial charge in [-0.15, -0.1) is 0 Å². The van der Waals surface area contributed by atoms with E-state index in [0.717, 1.165) is 76.9 Å². The molecule has 0 bridgehead atoms. The molecule has 1 aliphatic carbocycles. The maximum atomic E-state index is 11.9. The van der Waals surface area contributed by atoms with Crippen molar-refractivity contribution in [2.24, 2.45) is 5.41 Å². The summed E-state index contributed by atoms with van der Waals surface area (Å²) in [5.74, 6) is 1.88. The third kappa shape index (κ3) is 4.53. The molecule has 0 unspecified atom stereocenters. The second kappa shape index (κ2) is 9.43. The van der Waals surface area contributed by atoms with E-state index in [1.807, 2.05) is 24.1 Å². The van der Waals surface area contributed by atoms with Crippen LogP contribution in [-0.2, 0) is 9.47 Å². The molecule has 1 aromatic rings. The van der Waals surface area contributed by atoms with E-state index >= 15 is 0 Å². The Kier molecular flexibility index (Phi) is 6.42. The number of ether oxygens (including phenoxy) is 3. The molecule has 4 heterocycles. The van der Waals surface area contributed by atoms with Gasteiger partial charge in [-0.3, -0.25) is 4.90 Å². The van der Waals surface area contributed by atoms with Crippen LogP contribution in [0.2, 0.25) is 0 Å². The number of rotatable bonds is 5. The third-order valence-electron chi connectivity index (χ3n) is 7.60. The summed E-state index contributed by atoms with van der Waals surface area (Å²) in [6, 6.07) is 4.64. The summed E-state index contributed by atoms with van der Waals surface area (Å²) in [4.78, 5) is 23.5. The molecule has 4 fully saturated rings. The Balaban J connectivity index is 1.13. The molecular formula is C24H36N4O4. The number of anilines is 1. The zero-order valence-electron chi connectivity index (χ0n) is 19.2. The molecule has 0 N–H and O–H groups in total. The van der Waals surface area contributed by atoms with Crippen molar-refractivity contribution in [3.05, 3.63) is 18.3 Å². The van der Waals surface area contributed by atoms with Gasteiger partial charge in [0, 0.05) is 69.8 Å². The number of carbonyl (C=O) groups excluding carboxylic acids is 1. The molecule has 176 valence electrons. The number of piperazine rings is 1. The topological polar surface area (TPSA) is 67.4 Å². The lowest BCUT2D eigenvalue weighted by molar-refractivity contribution is -0.00296. The lowest BCUT2D eigenvalue weighted by Gasteiger charge is -2.48. The standard InChI is InChI=1S/C24H36N4O4/c1-2-31-23(29)28-17-24(18-28)8-5-19(16-24)26-10-12-27(13-11-26)22-21(4-3-9-25-22)32-20-6-14-30-15-7-20/h3-4,9,19-20H,2,5-8,10-18H2,1H3/t19-/m1/s1. The molecule has 1 saturated carbocycles. The molecule has 8 heteroatoms. The van der Waals surface area contributed by atoms with Crippen LogP contribution < -0.4 is 9.64 Å². The lowest BCUT2D eigenvalue weighted by Crippen LogP contribution is -2.58. The molecule has 3 aliphatic heterocycles. The summed E-state index contributed by atoms with van der Waals surface area (Å²) in [5.41, 5.74) is 0.320. The molecule has 8 nitrogen and oxygen atoms in total. The second-order valence-electron chi connectivity index (χ2n) is 9.73. The Morgan fingerprint density at radius 2 is 1.97 bits per heavy atom. The highest BCUT2D eigenvalue weighted by Gasteiger charge is 2.51. The quantitative estimate of drug-likeness (QED) is 0.692. The first-order valence-electron chi connectivity index (χ1n) is 12.3. The van der Waals surface area contributed by atoms with Crippen LogP contribution in [-0.4, -0.2) is 92.1 Å². The normalized spacial score (nSPS) is 26.2. The van der Waals surface area contributed by atoms with Gasteiger partial charge in [-0.05, 0) is 38.3 Å². The van der Waals surface area contributed by atoms with Crippen LogP contribution in [0.25, 0.3) is 0 Å². The van der Waals surface area contributed by atoms with Gasteiger partial charge >= 0.3 is 6.09 Å². The Bertz CT molecular complexity index is 786. The predicted molar refractivity (Wildman–Crippen MR) is 121 cm³/mol. The summed E-state index contributed by atoms with van der Waals surface area (Å²) in [7, 11) is 0. The first-order chi connectivity index (χ1) is 15.7. The Morgan fingerprint density at radius 1 is 1.19 bits per heavy atom. The highest BCUT2D eigenvalue weighted by atomic mass is 16.6. The van der Waals surface area contributed by atoms with E-state index in [4.69, 9.17) is 14.2 Å². The number of aromatic nitrogens is 1. The average molecular weight is 445 g/mol. The summed E-state index contributed by atoms with van der Waals surface area (Å²) in [6.45, 7) is 9.65. The Labute approximate surface area is 190 Å². The van der Waals surface area contributed by atoms with E-state index in [2.05, 4.69) is 20.9 Å². The molecule has 4 aliphatic rings. The number of nitrogens with zero attached hydrogens (tertiary/aromatic N) is 4. The van der Waals surface area contributed by atoms with Gasteiger partial charge in [0.05, 0.1) is 19.8 Å². The van der Waals surface area contributed by atoms with Gasteiger partial charge in [-0.1, -0.05) is 0 Å². The van der Waals surface area contributed by atoms with E-state index in [1.54, 1.807) is 0 Å². The first kappa shape index (κ1) is 21.8. The predicted octanol–water partition coefficient (Wildman–Crippen LogP) is 2.77. The molecule has 1 spiro atoms. The number of hydrogen-bond donors (Lipinski definition) is 0. The molecule has 1 aromatic heterocycles. The van der Waals surface area contributed by atoms with Crippen molar-refractivity contribution in [2.45, 2.75) is 51.2 Å². The number of amides is 1. The van der Waals surface area contributed by atoms with Crippen LogP contribution in [0, 0.1) is 5.41 Å². The smallest absolute Gasteiger partial charge is 0.409 e. The fourth-order valence-electron chi connectivity index (χ4n) is 5.87. The largest absolute Gasteiger partial charge is 0.486 e. The molecular weight excluding hydrogens is 408 g/mol. The highest BCUT2D eigenvalue weighted by Crippen LogP contribution is 2.47. The van der Waals surface area contributed by atoms with E-state index in [-0.39, 0.29) is 12.2 Å². The van der Waals surface area contributed by atoms with Gasteiger partial charge in [0.25, 0.3) is 0 Å². The van der Waals surface area contributed by atoms with Gasteiger partial charge in [0.1, 0.15) is 6.10 Å². The van der Waals surface area contributed by atoms with Crippen LogP contribution in [0.15, 0.2) is 18.3 Å². The van der Waals surface area contributed by atoms with E-state index in [1.165, 1.54) is 19.3 Å². The van der Waals surface area contributed by atoms with Crippen molar-refractivity contribution in [3.8, 4) is 5.75 Å². The molecule has 5 rings (SSSR count). The average Bonchev–Trinajstić information content (AvgIpc) is 3.26. The molecule has 0 aromatic carbocycles. The van der Waals surface area contributed by atoms with Crippen molar-refractivity contribution in [1.29, 1.82) is 0 Å². The first-order valence-corrected chi connectivity index (χ1v) is 12.3. The van der Waals surface area contributed by atoms with Crippen molar-refractivity contribution >= 4 is 11.9 Å². The van der Waals surface area contributed by atoms with Crippen molar-refractivity contribution in [2.75, 3.05) is 64.0 Å². The highest BCUT2D eigenvalue weighted by molar-refractivity contribution is 5.69. The Morgan fingerprint density at radius 3 is 2.72 bits per heavy atom. The van der Waals surface area contributed by atoms with Gasteiger partial charge in [-0.2, -0.15) is 0 Å². The minimum absolute atomic E-state index is 0.149. The monoisotopic (exact) mass is 444 g/mol. The van der Waals surface area contributed by atoms with Crippen LogP contribution >= 0.6 is 0 Å². The van der Waals surface area contributed by atoms with E-state index in [0.29, 0.717) is 18.1 Å². The third-order valence-corrected chi connectivity index (χ3v) is 7.60. The van der Waals surface area contributed by atoms with Crippen LogP contribution in [0.1, 0.15) is 39.0 Å². The lowest BCUT2D eigenvalue weighted by atomic mass is 9.78. The van der Waals surface area contributed by atoms with E-state index < -0.39 is 0 Å². The maximum absolute atomic E-state index is 11.9. The summed E-state index contributed by atoms with van der Waals surface area (Å²) >= 11 is 0. The second-order valence-corrected chi connectivity index (χ2v) is 9.73. The fraction of sp³-hybridized carbons (Fsp3) is 0.750. The van der Waals surface area contributed by atoms with Crippen molar-refractivity contribution in [1.82, 2.24) is 14.8 Å². The van der Waals surface area contributed by atoms with Gasteiger partial charge in [0.15, 0.2) is 11.6 Å². The van der Waals surface area contributed by atoms with E-state index in [9.17, 15) is 4.79 Å². The van der Waals surface area contributed by atoms with Crippen molar-refractivity contribution < 1.29 is 19.0 Å². The molecule has 1 atom stereocenters. The zero-order chi connectivity index (χ0) is 22.0. The molecule has 0 radical (unpaired) electrons. The van der Waals surface area contributed by atoms with Gasteiger partial charge < -0.3 is 24.0 Å². The summed E-state index contributed by atoms with van der Waals surface area (Å²) in [5, 5.41) is 0. The molecule has 1 amide bonds. The Hall–Kier alpha value is -2.06. The molecule has 3 saturated heterocycles. The minimum Gasteiger partial charge on any atom is -0.486 e. The summed E-state index contributed by atoms with van der Waals surface area (Å²) < 4.78 is 16.9. The number of pyridine rings is 1. The van der Waals surface area contributed by atoms with Crippen LogP contribution in [0.5, 0.6) is 5.75 Å². The molecule has 32 heavy (non-hydrogen) atoms. The van der Waals surface area contributed by atoms with Crippen LogP contribution in [0.4, 0.5) is 10.6 Å². The number of hydrogen-bond acceptors (Lipinski definition) is 7. The zero-order valence-corrected chi connectivity index (χ0v) is 19.2. The number of carbonyl (C=O) groups is 1. The fourth-order valence-corrected chi connectivity index (χ4v) is 5.87. The summed E-state index contributed by atoms with van der Waals surface area (Å²) in [6.07, 6.45) is 7.48. The maximum Gasteiger partial charge on any atom is 0.409 e. The van der Waals surface area contributed by atoms with Crippen molar-refractivity contribution in [3.63, 3.8) is 0 Å². The van der Waals surface area contributed by atoms with Gasteiger partial charge in [-0.25, -0.2) is 9.78 Å². The van der Waals surface area contributed by atoms with Gasteiger partial charge in [0.2, 0.25) is 0 Å². The van der Waals surface area contributed by atoms with Crippen LogP contribution in [0.3, 0.4) is 0 Å². The SMILES string of the molecule is CCOC(=O)N1CC2(CC[C@@H](N3CCN(c4ncccc4OC4CCOCC4)CC3)C2)C1. The number of likely N-dealkylation sites (tertiary alicyclic amines) is 1. The minimum atomic E-state index is -0.149.